The number of rotatable bonds is 13. The number of hydrogen-bond acceptors (Lipinski definition) is 37. The number of hydrogen-bond donors (Lipinski definition) is 10. The number of aromatic nitrogens is 8. The van der Waals surface area contributed by atoms with Gasteiger partial charge in [-0.2, -0.15) is 20.4 Å². The number of nitrogens with one attached hydrogen (secondary N) is 8. The lowest BCUT2D eigenvalue weighted by Crippen LogP contribution is -2.54. The second-order valence-electron chi connectivity index (χ2n) is 40.4. The second kappa shape index (κ2) is 63.0. The molecule has 20 rings (SSSR count). The van der Waals surface area contributed by atoms with Crippen molar-refractivity contribution in [2.24, 2.45) is 0 Å². The third-order valence-electron chi connectivity index (χ3n) is 27.2. The van der Waals surface area contributed by atoms with Crippen LogP contribution in [0.5, 0.6) is 11.5 Å². The first-order chi connectivity index (χ1) is 71.5. The number of anilines is 3. The number of ketones is 1. The molecule has 14 aliphatic rings. The summed E-state index contributed by atoms with van der Waals surface area (Å²) >= 11 is 10.3. The highest BCUT2D eigenvalue weighted by Gasteiger charge is 2.36. The van der Waals surface area contributed by atoms with Gasteiger partial charge in [-0.3, -0.25) is 63.8 Å². The minimum absolute atomic E-state index is 0.0266. The number of piperidine rings is 4. The Morgan fingerprint density at radius 3 is 0.940 bits per heavy atom. The maximum absolute atomic E-state index is 12.4. The number of halogens is 2. The van der Waals surface area contributed by atoms with E-state index in [-0.39, 0.29) is 99.0 Å². The molecule has 4 aromatic heterocycles. The molecule has 5 aliphatic carbocycles. The number of non-ortho nitro benzene ring substituents is 2. The average Bonchev–Trinajstić information content (AvgIpc) is 0.848. The zero-order valence-electron chi connectivity index (χ0n) is 86.9. The van der Waals surface area contributed by atoms with Gasteiger partial charge in [-0.15, -0.1) is 0 Å². The molecular weight excluding hydrogens is 1970 g/mol. The summed E-state index contributed by atoms with van der Waals surface area (Å²) in [4.78, 5) is 153. The highest BCUT2D eigenvalue weighted by Crippen LogP contribution is 2.31. The lowest BCUT2D eigenvalue weighted by atomic mass is 9.91. The standard InChI is InChI=1S/C18H27N5O3.C16H16N4O6.C13H24N2O2.C9H13N3O2.C9H18N2O2.2C8H16N2.C7H4ClNO4.C5H11NO.C4H3ClN2O.C4H6O/c24-17-5-4-16(19-20-17)22-8-6-15(7-9-22)26-18(25)23-12-10-21(11-13-23)14-2-1-3-14;21-15-6-5-14(17-18-15)19-9-7-13(8-10-19)26-16(22)25-12-3-1-11(2-4-12)20(23)24;1-13(2,3)17-12(16)15-9-7-14(8-10-15)11-5-4-6-11;13-7-3-5-12(6-4-7)8-1-2-9(14)11-10-8;1-9(2,3)13-8(12)11-6-4-10-5-7-11;2*1-2-8(3-1)10-6-4-9-5-7-10;8-7(10)13-6-3-1-5(2-4-6)9(11)12;7-5-1-3-6-4-2-5;5-3-1-2-4(8)7-6-3;5-4-2-1-3-4/h4-5,14-15H,1-3,6-13H2,(H,20,24);1-6,13H,7-10H2,(H,18,21);11H,4-10H2,1-3H3;1-2,7,13H,3-6H2,(H,11,14);10H,4-7H2,1-3H3;2*8-9H,1-7H2;1-4H;5-7H,1-4H2;1-2H,(H,7,8);1-3H2. The summed E-state index contributed by atoms with van der Waals surface area (Å²) in [5.74, 6) is 2.99. The molecule has 48 heteroatoms. The zero-order chi connectivity index (χ0) is 107. The van der Waals surface area contributed by atoms with Crippen LogP contribution in [-0.2, 0) is 23.7 Å². The summed E-state index contributed by atoms with van der Waals surface area (Å²) in [7, 11) is 0. The Bertz CT molecular complexity index is 5140. The van der Waals surface area contributed by atoms with Gasteiger partial charge in [0.05, 0.1) is 22.1 Å². The smallest absolute Gasteiger partial charge is 0.446 e. The Morgan fingerprint density at radius 2 is 0.658 bits per heavy atom. The lowest BCUT2D eigenvalue weighted by Gasteiger charge is -2.43. The van der Waals surface area contributed by atoms with Gasteiger partial charge >= 0.3 is 29.9 Å². The fourth-order valence-corrected chi connectivity index (χ4v) is 17.7. The van der Waals surface area contributed by atoms with E-state index < -0.39 is 21.4 Å². The monoisotopic (exact) mass is 2130 g/mol. The third-order valence-corrected chi connectivity index (χ3v) is 27.5. The first kappa shape index (κ1) is 119. The molecule has 14 fully saturated rings. The number of aromatic amines is 4. The van der Waals surface area contributed by atoms with Crippen LogP contribution >= 0.6 is 23.2 Å². The summed E-state index contributed by atoms with van der Waals surface area (Å²) in [6.45, 7) is 38.0. The van der Waals surface area contributed by atoms with E-state index in [2.05, 4.69) is 96.2 Å². The van der Waals surface area contributed by atoms with Crippen LogP contribution in [0.3, 0.4) is 0 Å². The molecule has 824 valence electrons. The number of carbonyl (C=O) groups excluding carboxylic acids is 6. The summed E-state index contributed by atoms with van der Waals surface area (Å²) in [5, 5.41) is 77.1. The number of amides is 3. The quantitative estimate of drug-likeness (QED) is 0.0128. The van der Waals surface area contributed by atoms with Gasteiger partial charge < -0.3 is 89.3 Å². The molecule has 46 nitrogen and oxygen atoms in total. The van der Waals surface area contributed by atoms with Crippen LogP contribution in [0.25, 0.3) is 0 Å². The number of piperazine rings is 5. The molecule has 10 N–H and O–H groups in total. The van der Waals surface area contributed by atoms with Gasteiger partial charge in [-0.1, -0.05) is 37.3 Å². The molecule has 9 saturated heterocycles. The summed E-state index contributed by atoms with van der Waals surface area (Å²) < 4.78 is 31.1. The van der Waals surface area contributed by atoms with Crippen molar-refractivity contribution in [3.05, 3.63) is 164 Å². The number of Topliss-reactive ketones (excluding diaryl/α,β-unsaturated/α-hetero) is 1. The number of carbonyl (C=O) groups is 6. The first-order valence-corrected chi connectivity index (χ1v) is 53.2. The van der Waals surface area contributed by atoms with E-state index in [4.69, 9.17) is 52.0 Å². The molecule has 3 amide bonds. The largest absolute Gasteiger partial charge is 0.514 e. The van der Waals surface area contributed by atoms with Crippen molar-refractivity contribution in [1.29, 1.82) is 0 Å². The van der Waals surface area contributed by atoms with Crippen LogP contribution in [0.1, 0.15) is 189 Å². The van der Waals surface area contributed by atoms with Crippen molar-refractivity contribution in [2.45, 2.75) is 249 Å². The highest BCUT2D eigenvalue weighted by atomic mass is 35.5. The summed E-state index contributed by atoms with van der Waals surface area (Å²) in [5.41, 5.74) is -2.81. The van der Waals surface area contributed by atoms with Crippen LogP contribution in [0.15, 0.2) is 116 Å². The molecule has 0 bridgehead atoms. The minimum atomic E-state index is -0.978. The summed E-state index contributed by atoms with van der Waals surface area (Å²) in [6.07, 6.45) is 23.9. The average molecular weight is 2130 g/mol. The number of benzene rings is 2. The SMILES string of the molecule is C1CC(N2CCNCC2)C1.C1CC(N2CCNCC2)C1.CC(C)(C)OC(=O)N1CCN(C2CCC2)CC1.CC(C)(C)OC(=O)N1CCNCC1.O=C(Cl)Oc1ccc([N+](=O)[O-])cc1.O=C(OC1CCN(c2ccc(=O)[nH]n2)CC1)N1CCN(C2CCC2)CC1.O=C(Oc1ccc([N+](=O)[O-])cc1)OC1CCN(c2ccc(=O)[nH]n2)CC1.O=C1CCC1.O=c1ccc(Cl)n[nH]1.O=c1ccc(N2CCC(O)CC2)n[nH]1.OC1CCNCC1. The number of nitro groups is 2. The van der Waals surface area contributed by atoms with Crippen LogP contribution in [0, 0.1) is 20.2 Å². The number of ether oxygens (including phenoxy) is 6. The van der Waals surface area contributed by atoms with Gasteiger partial charge in [0, 0.05) is 293 Å². The van der Waals surface area contributed by atoms with E-state index in [0.29, 0.717) is 42.7 Å². The zero-order valence-corrected chi connectivity index (χ0v) is 88.4. The van der Waals surface area contributed by atoms with E-state index in [9.17, 15) is 73.3 Å². The van der Waals surface area contributed by atoms with Crippen molar-refractivity contribution < 1.29 is 77.2 Å². The van der Waals surface area contributed by atoms with Crippen molar-refractivity contribution in [3.8, 4) is 11.5 Å². The molecule has 0 radical (unpaired) electrons. The van der Waals surface area contributed by atoms with Crippen molar-refractivity contribution in [3.63, 3.8) is 0 Å². The number of nitro benzene ring substituents is 2. The predicted molar refractivity (Wildman–Crippen MR) is 564 cm³/mol. The van der Waals surface area contributed by atoms with E-state index in [1.807, 2.05) is 56.2 Å². The number of aliphatic hydroxyl groups excluding tert-OH is 2. The lowest BCUT2D eigenvalue weighted by molar-refractivity contribution is -0.385. The number of nitrogens with zero attached hydrogens (tertiary/aromatic N) is 16. The van der Waals surface area contributed by atoms with Gasteiger partial charge in [0.15, 0.2) is 0 Å². The Kier molecular flexibility index (Phi) is 50.5. The van der Waals surface area contributed by atoms with Crippen molar-refractivity contribution in [2.75, 3.05) is 198 Å². The van der Waals surface area contributed by atoms with Gasteiger partial charge in [-0.25, -0.2) is 44.4 Å². The van der Waals surface area contributed by atoms with Gasteiger partial charge in [-0.05, 0) is 187 Å². The molecule has 5 saturated carbocycles. The minimum Gasteiger partial charge on any atom is -0.446 e. The fraction of sp³-hybridized carbons (Fsp3) is 0.663. The normalized spacial score (nSPS) is 19.8. The third kappa shape index (κ3) is 44.9. The number of H-pyrrole nitrogens is 4. The molecule has 6 aromatic rings. The first-order valence-electron chi connectivity index (χ1n) is 52.5. The molecule has 13 heterocycles. The maximum Gasteiger partial charge on any atom is 0.514 e. The Balaban J connectivity index is 0.000000173. The van der Waals surface area contributed by atoms with E-state index in [1.54, 1.807) is 23.1 Å². The number of aliphatic hydroxyl groups is 2. The molecule has 149 heavy (non-hydrogen) atoms. The Labute approximate surface area is 879 Å². The van der Waals surface area contributed by atoms with Crippen LogP contribution in [0.4, 0.5) is 52.8 Å². The second-order valence-corrected chi connectivity index (χ2v) is 41.1. The molecule has 2 aromatic carbocycles. The van der Waals surface area contributed by atoms with E-state index >= 15 is 0 Å². The van der Waals surface area contributed by atoms with E-state index in [1.165, 1.54) is 208 Å². The van der Waals surface area contributed by atoms with Crippen LogP contribution in [0.2, 0.25) is 5.15 Å². The van der Waals surface area contributed by atoms with E-state index in [0.717, 1.165) is 211 Å². The molecule has 0 unspecified atom stereocenters. The van der Waals surface area contributed by atoms with Crippen molar-refractivity contribution >= 4 is 87.7 Å². The molecule has 0 spiro atoms. The van der Waals surface area contributed by atoms with Gasteiger partial charge in [0.25, 0.3) is 33.6 Å². The Morgan fingerprint density at radius 1 is 0.356 bits per heavy atom. The van der Waals surface area contributed by atoms with Gasteiger partial charge in [0.1, 0.15) is 63.3 Å². The highest BCUT2D eigenvalue weighted by molar-refractivity contribution is 6.61. The molecular formula is C101H154Cl2N24O22. The Hall–Kier alpha value is -11.4. The fourth-order valence-electron chi connectivity index (χ4n) is 17.5. The maximum atomic E-state index is 12.4. The molecule has 0 atom stereocenters. The summed E-state index contributed by atoms with van der Waals surface area (Å²) in [6, 6.07) is 25.8. The predicted octanol–water partition coefficient (Wildman–Crippen LogP) is 9.67. The van der Waals surface area contributed by atoms with Crippen molar-refractivity contribution in [1.82, 2.24) is 96.4 Å². The van der Waals surface area contributed by atoms with Gasteiger partial charge in [0.2, 0.25) is 0 Å². The molecule has 9 aliphatic heterocycles. The van der Waals surface area contributed by atoms with Crippen LogP contribution < -0.4 is 67.7 Å². The topological polar surface area (TPSA) is 548 Å². The van der Waals surface area contributed by atoms with Crippen LogP contribution in [-0.4, -0.2) is 374 Å².